The van der Waals surface area contributed by atoms with Crippen LogP contribution < -0.4 is 11.1 Å². The molecule has 1 saturated heterocycles. The molecule has 3 rings (SSSR count). The molecule has 0 spiro atoms. The number of nitrogen functional groups attached to an aromatic ring is 1. The Morgan fingerprint density at radius 1 is 1.35 bits per heavy atom. The van der Waals surface area contributed by atoms with Crippen LogP contribution in [0.25, 0.3) is 0 Å². The summed E-state index contributed by atoms with van der Waals surface area (Å²) in [4.78, 5) is 24.6. The lowest BCUT2D eigenvalue weighted by Crippen LogP contribution is -2.33. The van der Waals surface area contributed by atoms with E-state index in [2.05, 4.69) is 5.32 Å². The van der Waals surface area contributed by atoms with E-state index in [1.807, 2.05) is 18.2 Å². The quantitative estimate of drug-likeness (QED) is 0.554. The van der Waals surface area contributed by atoms with Crippen LogP contribution in [0, 0.1) is 0 Å². The lowest BCUT2D eigenvalue weighted by molar-refractivity contribution is -0.126. The number of carbonyl (C=O) groups is 2. The molecule has 3 amide bonds. The van der Waals surface area contributed by atoms with Gasteiger partial charge in [-0.25, -0.2) is 4.79 Å². The molecule has 0 bridgehead atoms. The maximum atomic E-state index is 11.7. The molecule has 1 aliphatic heterocycles. The van der Waals surface area contributed by atoms with Crippen LogP contribution >= 0.6 is 0 Å². The maximum Gasteiger partial charge on any atom is 0.325 e. The van der Waals surface area contributed by atoms with Crippen molar-refractivity contribution in [2.24, 2.45) is 0 Å². The van der Waals surface area contributed by atoms with E-state index in [0.29, 0.717) is 0 Å². The molecule has 88 valence electrons. The van der Waals surface area contributed by atoms with Gasteiger partial charge in [0, 0.05) is 5.69 Å². The van der Waals surface area contributed by atoms with Crippen LogP contribution in [0.1, 0.15) is 23.6 Å². The van der Waals surface area contributed by atoms with Crippen LogP contribution in [0.15, 0.2) is 18.2 Å². The fourth-order valence-corrected chi connectivity index (χ4v) is 2.63. The second-order valence-electron chi connectivity index (χ2n) is 4.44. The smallest absolute Gasteiger partial charge is 0.325 e. The van der Waals surface area contributed by atoms with Crippen LogP contribution in [-0.2, 0) is 11.2 Å². The average molecular weight is 231 g/mol. The largest absolute Gasteiger partial charge is 0.399 e. The number of urea groups is 1. The number of nitrogens with zero attached hydrogens (tertiary/aromatic N) is 1. The summed E-state index contributed by atoms with van der Waals surface area (Å²) in [6.07, 6.45) is 1.65. The molecule has 1 aromatic carbocycles. The van der Waals surface area contributed by atoms with Gasteiger partial charge >= 0.3 is 6.03 Å². The molecule has 1 heterocycles. The van der Waals surface area contributed by atoms with Crippen molar-refractivity contribution in [1.82, 2.24) is 10.2 Å². The molecule has 1 aliphatic carbocycles. The first-order chi connectivity index (χ1) is 8.16. The van der Waals surface area contributed by atoms with Crippen molar-refractivity contribution in [3.63, 3.8) is 0 Å². The monoisotopic (exact) mass is 231 g/mol. The number of nitrogens with two attached hydrogens (primary N) is 1. The third-order valence-electron chi connectivity index (χ3n) is 3.40. The Hall–Kier alpha value is -2.04. The zero-order valence-electron chi connectivity index (χ0n) is 9.27. The molecule has 0 aromatic heterocycles. The van der Waals surface area contributed by atoms with Gasteiger partial charge in [0.1, 0.15) is 0 Å². The summed E-state index contributed by atoms with van der Waals surface area (Å²) in [6.45, 7) is 0.111. The summed E-state index contributed by atoms with van der Waals surface area (Å²) in [7, 11) is 0. The summed E-state index contributed by atoms with van der Waals surface area (Å²) in [5, 5.41) is 2.55. The number of rotatable bonds is 1. The van der Waals surface area contributed by atoms with Crippen LogP contribution in [0.5, 0.6) is 0 Å². The number of hydrogen-bond donors (Lipinski definition) is 2. The van der Waals surface area contributed by atoms with Gasteiger partial charge in [-0.2, -0.15) is 0 Å². The predicted molar refractivity (Wildman–Crippen MR) is 62.2 cm³/mol. The number of anilines is 1. The molecule has 1 aromatic rings. The van der Waals surface area contributed by atoms with Gasteiger partial charge in [0.05, 0.1) is 12.6 Å². The number of imide groups is 1. The van der Waals surface area contributed by atoms with Gasteiger partial charge in [0.25, 0.3) is 5.91 Å². The normalized spacial score (nSPS) is 22.8. The number of carbonyl (C=O) groups excluding carboxylic acids is 2. The molecular weight excluding hydrogens is 218 g/mol. The second-order valence-corrected chi connectivity index (χ2v) is 4.44. The molecule has 3 N–H and O–H groups in total. The highest BCUT2D eigenvalue weighted by Crippen LogP contribution is 2.37. The van der Waals surface area contributed by atoms with E-state index in [-0.39, 0.29) is 24.5 Å². The van der Waals surface area contributed by atoms with Crippen molar-refractivity contribution in [2.45, 2.75) is 18.9 Å². The van der Waals surface area contributed by atoms with Gasteiger partial charge in [-0.15, -0.1) is 0 Å². The zero-order chi connectivity index (χ0) is 12.0. The van der Waals surface area contributed by atoms with Crippen LogP contribution in [0.2, 0.25) is 0 Å². The van der Waals surface area contributed by atoms with E-state index in [0.717, 1.165) is 29.7 Å². The molecule has 1 atom stereocenters. The lowest BCUT2D eigenvalue weighted by Gasteiger charge is -2.21. The Balaban J connectivity index is 1.98. The topological polar surface area (TPSA) is 75.4 Å². The van der Waals surface area contributed by atoms with Crippen LogP contribution in [-0.4, -0.2) is 23.4 Å². The Morgan fingerprint density at radius 3 is 2.88 bits per heavy atom. The molecule has 2 aliphatic rings. The Morgan fingerprint density at radius 2 is 2.18 bits per heavy atom. The minimum absolute atomic E-state index is 0.111. The second kappa shape index (κ2) is 3.48. The summed E-state index contributed by atoms with van der Waals surface area (Å²) >= 11 is 0. The van der Waals surface area contributed by atoms with Gasteiger partial charge in [0.2, 0.25) is 0 Å². The number of aryl methyl sites for hydroxylation is 1. The van der Waals surface area contributed by atoms with Gasteiger partial charge in [-0.05, 0) is 36.1 Å². The lowest BCUT2D eigenvalue weighted by atomic mass is 10.1. The fourth-order valence-electron chi connectivity index (χ4n) is 2.63. The number of nitrogens with one attached hydrogen (secondary N) is 1. The average Bonchev–Trinajstić information content (AvgIpc) is 2.83. The summed E-state index contributed by atoms with van der Waals surface area (Å²) in [5.74, 6) is -0.148. The van der Waals surface area contributed by atoms with Crippen molar-refractivity contribution in [1.29, 1.82) is 0 Å². The summed E-state index contributed by atoms with van der Waals surface area (Å²) in [5.41, 5.74) is 8.64. The minimum atomic E-state index is -0.287. The number of amides is 3. The standard InChI is InChI=1S/C12H13N3O2/c13-8-2-3-9-7(5-8)1-4-10(9)15-11(16)6-14-12(15)17/h2-3,5,10H,1,4,6,13H2,(H,14,17). The molecule has 17 heavy (non-hydrogen) atoms. The Labute approximate surface area is 98.6 Å². The molecule has 0 radical (unpaired) electrons. The highest BCUT2D eigenvalue weighted by Gasteiger charge is 2.38. The van der Waals surface area contributed by atoms with Crippen LogP contribution in [0.3, 0.4) is 0 Å². The van der Waals surface area contributed by atoms with E-state index in [1.165, 1.54) is 4.90 Å². The Kier molecular flexibility index (Phi) is 2.07. The number of hydrogen-bond acceptors (Lipinski definition) is 3. The van der Waals surface area contributed by atoms with Gasteiger partial charge in [0.15, 0.2) is 0 Å². The third kappa shape index (κ3) is 1.46. The molecule has 5 heteroatoms. The van der Waals surface area contributed by atoms with Crippen LogP contribution in [0.4, 0.5) is 10.5 Å². The zero-order valence-corrected chi connectivity index (χ0v) is 9.27. The molecule has 1 fully saturated rings. The summed E-state index contributed by atoms with van der Waals surface area (Å²) in [6, 6.07) is 5.25. The third-order valence-corrected chi connectivity index (χ3v) is 3.40. The Bertz CT molecular complexity index is 496. The van der Waals surface area contributed by atoms with Crippen molar-refractivity contribution >= 4 is 17.6 Å². The highest BCUT2D eigenvalue weighted by atomic mass is 16.2. The molecule has 0 saturated carbocycles. The first-order valence-corrected chi connectivity index (χ1v) is 5.65. The summed E-state index contributed by atoms with van der Waals surface area (Å²) < 4.78 is 0. The van der Waals surface area contributed by atoms with Crippen molar-refractivity contribution in [2.75, 3.05) is 12.3 Å². The first kappa shape index (κ1) is 10.1. The first-order valence-electron chi connectivity index (χ1n) is 5.65. The molecular formula is C12H13N3O2. The van der Waals surface area contributed by atoms with Gasteiger partial charge in [-0.1, -0.05) is 6.07 Å². The number of benzene rings is 1. The van der Waals surface area contributed by atoms with Gasteiger partial charge in [-0.3, -0.25) is 9.69 Å². The SMILES string of the molecule is Nc1ccc2c(c1)CCC2N1C(=O)CNC1=O. The van der Waals surface area contributed by atoms with E-state index < -0.39 is 0 Å². The minimum Gasteiger partial charge on any atom is -0.399 e. The van der Waals surface area contributed by atoms with E-state index >= 15 is 0 Å². The molecule has 5 nitrogen and oxygen atoms in total. The maximum absolute atomic E-state index is 11.7. The van der Waals surface area contributed by atoms with E-state index in [9.17, 15) is 9.59 Å². The van der Waals surface area contributed by atoms with Crippen molar-refractivity contribution < 1.29 is 9.59 Å². The van der Waals surface area contributed by atoms with E-state index in [4.69, 9.17) is 5.73 Å². The van der Waals surface area contributed by atoms with Crippen molar-refractivity contribution in [3.8, 4) is 0 Å². The van der Waals surface area contributed by atoms with E-state index in [1.54, 1.807) is 0 Å². The number of fused-ring (bicyclic) bond motifs is 1. The molecule has 1 unspecified atom stereocenters. The highest BCUT2D eigenvalue weighted by molar-refractivity contribution is 6.02. The fraction of sp³-hybridized carbons (Fsp3) is 0.333. The van der Waals surface area contributed by atoms with Crippen molar-refractivity contribution in [3.05, 3.63) is 29.3 Å². The predicted octanol–water partition coefficient (Wildman–Crippen LogP) is 0.808. The van der Waals surface area contributed by atoms with Gasteiger partial charge < -0.3 is 11.1 Å².